The lowest BCUT2D eigenvalue weighted by molar-refractivity contribution is 0.0376. The van der Waals surface area contributed by atoms with Gasteiger partial charge in [-0.1, -0.05) is 0 Å². The van der Waals surface area contributed by atoms with Gasteiger partial charge in [0.15, 0.2) is 0 Å². The molecule has 0 N–H and O–H groups in total. The molecule has 4 nitrogen and oxygen atoms in total. The molecule has 0 aliphatic carbocycles. The molecule has 0 bridgehead atoms. The Balaban J connectivity index is 3.39. The van der Waals surface area contributed by atoms with Crippen LogP contribution in [0.2, 0.25) is 0 Å². The zero-order valence-corrected chi connectivity index (χ0v) is 12.6. The summed E-state index contributed by atoms with van der Waals surface area (Å²) in [4.78, 5) is 11.1. The van der Waals surface area contributed by atoms with E-state index in [9.17, 15) is 17.6 Å². The predicted octanol–water partition coefficient (Wildman–Crippen LogP) is 3.08. The van der Waals surface area contributed by atoms with Crippen molar-refractivity contribution in [2.45, 2.75) is 24.8 Å². The van der Waals surface area contributed by atoms with Crippen LogP contribution >= 0.6 is 26.6 Å². The summed E-state index contributed by atoms with van der Waals surface area (Å²) in [7, 11) is 0.979. The number of hydrogen-bond acceptors (Lipinski definition) is 4. The minimum absolute atomic E-state index is 0.121. The molecule has 100 valence electrons. The van der Waals surface area contributed by atoms with Gasteiger partial charge in [-0.25, -0.2) is 17.6 Å². The molecule has 1 aromatic carbocycles. The Labute approximate surface area is 117 Å². The average Bonchev–Trinajstić information content (AvgIpc) is 2.18. The van der Waals surface area contributed by atoms with Gasteiger partial charge in [-0.05, 0) is 41.9 Å². The highest BCUT2D eigenvalue weighted by atomic mass is 79.9. The summed E-state index contributed by atoms with van der Waals surface area (Å²) in [5.74, 6) is -1.73. The van der Waals surface area contributed by atoms with E-state index in [1.165, 1.54) is 0 Å². The fourth-order valence-electron chi connectivity index (χ4n) is 1.17. The van der Waals surface area contributed by atoms with Gasteiger partial charge in [0.2, 0.25) is 0 Å². The maximum atomic E-state index is 13.3. The average molecular weight is 360 g/mol. The minimum Gasteiger partial charge on any atom is -0.459 e. The van der Waals surface area contributed by atoms with Gasteiger partial charge in [0.05, 0.1) is 16.1 Å². The molecule has 18 heavy (non-hydrogen) atoms. The molecule has 0 saturated heterocycles. The quantitative estimate of drug-likeness (QED) is 0.615. The maximum Gasteiger partial charge on any atom is 0.339 e. The topological polar surface area (TPSA) is 60.4 Å². The molecule has 1 rings (SSSR count). The molecule has 0 unspecified atom stereocenters. The second kappa shape index (κ2) is 5.54. The van der Waals surface area contributed by atoms with Crippen LogP contribution in [0.1, 0.15) is 24.2 Å². The lowest BCUT2D eigenvalue weighted by Gasteiger charge is -2.11. The summed E-state index contributed by atoms with van der Waals surface area (Å²) in [6.45, 7) is 3.23. The van der Waals surface area contributed by atoms with Crippen LogP contribution in [0.4, 0.5) is 4.39 Å². The predicted molar refractivity (Wildman–Crippen MR) is 67.7 cm³/mol. The number of carbonyl (C=O) groups is 1. The number of carbonyl (C=O) groups excluding carboxylic acids is 1. The van der Waals surface area contributed by atoms with Crippen molar-refractivity contribution in [3.8, 4) is 0 Å². The van der Waals surface area contributed by atoms with E-state index in [1.54, 1.807) is 13.8 Å². The first-order chi connectivity index (χ1) is 8.12. The van der Waals surface area contributed by atoms with Gasteiger partial charge >= 0.3 is 5.97 Å². The van der Waals surface area contributed by atoms with E-state index in [1.807, 2.05) is 0 Å². The van der Waals surface area contributed by atoms with Gasteiger partial charge in [0.1, 0.15) is 10.7 Å². The van der Waals surface area contributed by atoms with Gasteiger partial charge in [0.25, 0.3) is 9.05 Å². The van der Waals surface area contributed by atoms with Crippen LogP contribution in [0.25, 0.3) is 0 Å². The lowest BCUT2D eigenvalue weighted by Crippen LogP contribution is -2.13. The molecule has 0 atom stereocenters. The smallest absolute Gasteiger partial charge is 0.339 e. The van der Waals surface area contributed by atoms with Crippen molar-refractivity contribution in [2.75, 3.05) is 0 Å². The third-order valence-corrected chi connectivity index (χ3v) is 4.29. The molecular weight excluding hydrogens is 351 g/mol. The van der Waals surface area contributed by atoms with Gasteiger partial charge in [-0.2, -0.15) is 0 Å². The largest absolute Gasteiger partial charge is 0.459 e. The Kier molecular flexibility index (Phi) is 4.74. The summed E-state index contributed by atoms with van der Waals surface area (Å²) in [6, 6.07) is 1.60. The fourth-order valence-corrected chi connectivity index (χ4v) is 3.42. The molecule has 0 heterocycles. The monoisotopic (exact) mass is 358 g/mol. The molecule has 8 heteroatoms. The number of benzene rings is 1. The van der Waals surface area contributed by atoms with E-state index in [2.05, 4.69) is 15.9 Å². The number of rotatable bonds is 3. The number of halogens is 3. The Morgan fingerprint density at radius 2 is 2.00 bits per heavy atom. The van der Waals surface area contributed by atoms with Gasteiger partial charge < -0.3 is 4.74 Å². The van der Waals surface area contributed by atoms with Crippen molar-refractivity contribution >= 4 is 41.6 Å². The number of ether oxygens (including phenoxy) is 1. The molecule has 0 radical (unpaired) electrons. The summed E-state index contributed by atoms with van der Waals surface area (Å²) in [6.07, 6.45) is -0.413. The summed E-state index contributed by atoms with van der Waals surface area (Å²) >= 11 is 2.91. The summed E-state index contributed by atoms with van der Waals surface area (Å²) < 4.78 is 40.5. The van der Waals surface area contributed by atoms with Crippen molar-refractivity contribution < 1.29 is 22.3 Å². The molecular formula is C10H9BrClFO4S. The van der Waals surface area contributed by atoms with E-state index in [0.29, 0.717) is 0 Å². The Morgan fingerprint density at radius 1 is 1.44 bits per heavy atom. The zero-order chi connectivity index (χ0) is 14.1. The van der Waals surface area contributed by atoms with Crippen molar-refractivity contribution in [1.82, 2.24) is 0 Å². The van der Waals surface area contributed by atoms with Crippen LogP contribution in [0, 0.1) is 5.82 Å². The summed E-state index contributed by atoms with van der Waals surface area (Å²) in [5.41, 5.74) is -0.233. The van der Waals surface area contributed by atoms with Gasteiger partial charge in [0, 0.05) is 10.7 Å². The summed E-state index contributed by atoms with van der Waals surface area (Å²) in [5, 5.41) is 0. The van der Waals surface area contributed by atoms with E-state index < -0.39 is 31.8 Å². The van der Waals surface area contributed by atoms with Crippen LogP contribution in [0.15, 0.2) is 21.5 Å². The maximum absolute atomic E-state index is 13.3. The minimum atomic E-state index is -4.16. The highest BCUT2D eigenvalue weighted by Gasteiger charge is 2.23. The van der Waals surface area contributed by atoms with E-state index in [-0.39, 0.29) is 10.0 Å². The zero-order valence-electron chi connectivity index (χ0n) is 9.41. The molecule has 0 aliphatic rings. The van der Waals surface area contributed by atoms with E-state index in [0.717, 1.165) is 12.1 Å². The highest BCUT2D eigenvalue weighted by molar-refractivity contribution is 9.10. The first-order valence-electron chi connectivity index (χ1n) is 4.77. The van der Waals surface area contributed by atoms with Gasteiger partial charge in [-0.3, -0.25) is 0 Å². The third-order valence-electron chi connectivity index (χ3n) is 1.83. The standard InChI is InChI=1S/C10H9BrClFO4S/c1-5(2)17-10(14)7-3-6(13)4-8(9(7)11)18(12,15)16/h3-5H,1-2H3. The van der Waals surface area contributed by atoms with E-state index >= 15 is 0 Å². The van der Waals surface area contributed by atoms with Crippen LogP contribution in [0.5, 0.6) is 0 Å². The second-order valence-electron chi connectivity index (χ2n) is 3.66. The van der Waals surface area contributed by atoms with Crippen molar-refractivity contribution in [3.05, 3.63) is 28.0 Å². The van der Waals surface area contributed by atoms with Crippen LogP contribution < -0.4 is 0 Å². The molecule has 1 aromatic rings. The number of esters is 1. The molecule has 0 amide bonds. The fraction of sp³-hybridized carbons (Fsp3) is 0.300. The highest BCUT2D eigenvalue weighted by Crippen LogP contribution is 2.30. The first kappa shape index (κ1) is 15.4. The second-order valence-corrected chi connectivity index (χ2v) is 6.98. The third kappa shape index (κ3) is 3.66. The normalized spacial score (nSPS) is 11.7. The molecule has 0 aliphatic heterocycles. The molecule has 0 saturated carbocycles. The Morgan fingerprint density at radius 3 is 2.44 bits per heavy atom. The van der Waals surface area contributed by atoms with Crippen LogP contribution in [-0.2, 0) is 13.8 Å². The SMILES string of the molecule is CC(C)OC(=O)c1cc(F)cc(S(=O)(=O)Cl)c1Br. The van der Waals surface area contributed by atoms with Gasteiger partial charge in [-0.15, -0.1) is 0 Å². The van der Waals surface area contributed by atoms with E-state index in [4.69, 9.17) is 15.4 Å². The molecule has 0 fully saturated rings. The molecule has 0 aromatic heterocycles. The first-order valence-corrected chi connectivity index (χ1v) is 7.88. The van der Waals surface area contributed by atoms with Crippen molar-refractivity contribution in [1.29, 1.82) is 0 Å². The van der Waals surface area contributed by atoms with Crippen LogP contribution in [0.3, 0.4) is 0 Å². The lowest BCUT2D eigenvalue weighted by atomic mass is 10.2. The molecule has 0 spiro atoms. The Hall–Kier alpha value is -0.660. The Bertz CT molecular complexity index is 586. The van der Waals surface area contributed by atoms with Crippen molar-refractivity contribution in [2.24, 2.45) is 0 Å². The van der Waals surface area contributed by atoms with Crippen molar-refractivity contribution in [3.63, 3.8) is 0 Å². The van der Waals surface area contributed by atoms with Crippen LogP contribution in [-0.4, -0.2) is 20.5 Å². The number of hydrogen-bond donors (Lipinski definition) is 0.